The van der Waals surface area contributed by atoms with Gasteiger partial charge in [0.2, 0.25) is 0 Å². The highest BCUT2D eigenvalue weighted by Gasteiger charge is 2.02. The minimum Gasteiger partial charge on any atom is -0.457 e. The van der Waals surface area contributed by atoms with E-state index in [-0.39, 0.29) is 12.6 Å². The molecule has 0 bridgehead atoms. The molecule has 0 aromatic rings. The van der Waals surface area contributed by atoms with Gasteiger partial charge in [0.05, 0.1) is 0 Å². The molecule has 0 aromatic heterocycles. The van der Waals surface area contributed by atoms with Gasteiger partial charge in [-0.05, 0) is 11.9 Å². The average Bonchev–Trinajstić information content (AvgIpc) is 1.99. The van der Waals surface area contributed by atoms with Gasteiger partial charge >= 0.3 is 5.97 Å². The molecular formula is C7H8Br2O2. The molecule has 0 unspecified atom stereocenters. The SMILES string of the molecule is C=C(C)C(=O)OC/C(Br)=C/Br. The summed E-state index contributed by atoms with van der Waals surface area (Å²) in [6, 6.07) is 0. The number of rotatable bonds is 3. The average molecular weight is 284 g/mol. The van der Waals surface area contributed by atoms with E-state index in [1.165, 1.54) is 0 Å². The number of carbonyl (C=O) groups is 1. The molecule has 0 saturated heterocycles. The van der Waals surface area contributed by atoms with Crippen molar-refractivity contribution in [1.29, 1.82) is 0 Å². The van der Waals surface area contributed by atoms with Crippen molar-refractivity contribution in [3.63, 3.8) is 0 Å². The molecule has 11 heavy (non-hydrogen) atoms. The van der Waals surface area contributed by atoms with Gasteiger partial charge in [-0.25, -0.2) is 4.79 Å². The van der Waals surface area contributed by atoms with Crippen molar-refractivity contribution in [2.75, 3.05) is 6.61 Å². The number of esters is 1. The number of halogens is 2. The summed E-state index contributed by atoms with van der Waals surface area (Å²) in [4.78, 5) is 12.4. The van der Waals surface area contributed by atoms with Crippen molar-refractivity contribution in [3.8, 4) is 0 Å². The van der Waals surface area contributed by atoms with Crippen molar-refractivity contribution < 1.29 is 9.53 Å². The normalized spacial score (nSPS) is 11.0. The fourth-order valence-electron chi connectivity index (χ4n) is 0.289. The molecular weight excluding hydrogens is 276 g/mol. The first-order valence-electron chi connectivity index (χ1n) is 2.85. The smallest absolute Gasteiger partial charge is 0.333 e. The summed E-state index contributed by atoms with van der Waals surface area (Å²) in [5.74, 6) is -0.378. The lowest BCUT2D eigenvalue weighted by atomic mass is 10.4. The number of ether oxygens (including phenoxy) is 1. The highest BCUT2D eigenvalue weighted by atomic mass is 79.9. The van der Waals surface area contributed by atoms with Crippen LogP contribution in [0.25, 0.3) is 0 Å². The third-order valence-electron chi connectivity index (χ3n) is 0.808. The van der Waals surface area contributed by atoms with Crippen LogP contribution in [0.15, 0.2) is 21.6 Å². The van der Waals surface area contributed by atoms with Crippen LogP contribution in [-0.2, 0) is 9.53 Å². The van der Waals surface area contributed by atoms with E-state index in [0.29, 0.717) is 5.57 Å². The zero-order chi connectivity index (χ0) is 8.85. The molecule has 0 spiro atoms. The summed E-state index contributed by atoms with van der Waals surface area (Å²) >= 11 is 6.24. The predicted molar refractivity (Wildman–Crippen MR) is 51.7 cm³/mol. The second-order valence-corrected chi connectivity index (χ2v) is 3.39. The van der Waals surface area contributed by atoms with Gasteiger partial charge in [-0.2, -0.15) is 0 Å². The first-order chi connectivity index (χ1) is 5.07. The number of carbonyl (C=O) groups excluding carboxylic acids is 1. The Morgan fingerprint density at radius 1 is 1.73 bits per heavy atom. The van der Waals surface area contributed by atoms with Gasteiger partial charge in [0, 0.05) is 10.1 Å². The van der Waals surface area contributed by atoms with Crippen LogP contribution < -0.4 is 0 Å². The monoisotopic (exact) mass is 282 g/mol. The third-order valence-corrected chi connectivity index (χ3v) is 2.43. The largest absolute Gasteiger partial charge is 0.457 e. The lowest BCUT2D eigenvalue weighted by Gasteiger charge is -2.01. The van der Waals surface area contributed by atoms with Crippen LogP contribution in [0.4, 0.5) is 0 Å². The summed E-state index contributed by atoms with van der Waals surface area (Å²) in [6.45, 7) is 5.28. The van der Waals surface area contributed by atoms with Crippen molar-refractivity contribution in [2.45, 2.75) is 6.92 Å². The maximum absolute atomic E-state index is 10.8. The second kappa shape index (κ2) is 5.55. The lowest BCUT2D eigenvalue weighted by Crippen LogP contribution is -2.05. The van der Waals surface area contributed by atoms with Crippen molar-refractivity contribution in [3.05, 3.63) is 21.6 Å². The molecule has 0 aliphatic rings. The molecule has 0 N–H and O–H groups in total. The quantitative estimate of drug-likeness (QED) is 0.588. The fraction of sp³-hybridized carbons (Fsp3) is 0.286. The number of hydrogen-bond donors (Lipinski definition) is 0. The summed E-state index contributed by atoms with van der Waals surface area (Å²) in [6.07, 6.45) is 0. The van der Waals surface area contributed by atoms with E-state index < -0.39 is 0 Å². The highest BCUT2D eigenvalue weighted by molar-refractivity contribution is 9.14. The first kappa shape index (κ1) is 10.9. The van der Waals surface area contributed by atoms with E-state index in [1.807, 2.05) is 0 Å². The third kappa shape index (κ3) is 5.21. The van der Waals surface area contributed by atoms with E-state index in [2.05, 4.69) is 38.4 Å². The molecule has 0 heterocycles. The summed E-state index contributed by atoms with van der Waals surface area (Å²) in [5, 5.41) is 0. The molecule has 4 heteroatoms. The zero-order valence-electron chi connectivity index (χ0n) is 6.06. The van der Waals surface area contributed by atoms with Gasteiger partial charge in [-0.3, -0.25) is 0 Å². The molecule has 0 aliphatic heterocycles. The van der Waals surface area contributed by atoms with E-state index in [4.69, 9.17) is 4.74 Å². The Labute approximate surface area is 82.6 Å². The topological polar surface area (TPSA) is 26.3 Å². The standard InChI is InChI=1S/C7H8Br2O2/c1-5(2)7(10)11-4-6(9)3-8/h3H,1,4H2,2H3/b6-3-. The minimum atomic E-state index is -0.378. The van der Waals surface area contributed by atoms with Crippen LogP contribution >= 0.6 is 31.9 Å². The van der Waals surface area contributed by atoms with Gasteiger partial charge in [-0.1, -0.05) is 38.4 Å². The highest BCUT2D eigenvalue weighted by Crippen LogP contribution is 2.08. The Hall–Kier alpha value is -0.0900. The van der Waals surface area contributed by atoms with Crippen molar-refractivity contribution >= 4 is 37.8 Å². The molecule has 0 radical (unpaired) electrons. The van der Waals surface area contributed by atoms with Crippen LogP contribution in [-0.4, -0.2) is 12.6 Å². The lowest BCUT2D eigenvalue weighted by molar-refractivity contribution is -0.137. The van der Waals surface area contributed by atoms with E-state index in [1.54, 1.807) is 11.9 Å². The summed E-state index contributed by atoms with van der Waals surface area (Å²) < 4.78 is 5.54. The Morgan fingerprint density at radius 2 is 2.27 bits per heavy atom. The minimum absolute atomic E-state index is 0.233. The maximum Gasteiger partial charge on any atom is 0.333 e. The molecule has 0 saturated carbocycles. The molecule has 0 aromatic carbocycles. The van der Waals surface area contributed by atoms with Crippen molar-refractivity contribution in [2.24, 2.45) is 0 Å². The maximum atomic E-state index is 10.8. The van der Waals surface area contributed by atoms with Gasteiger partial charge in [0.15, 0.2) is 0 Å². The summed E-state index contributed by atoms with van der Waals surface area (Å²) in [5.41, 5.74) is 0.403. The van der Waals surface area contributed by atoms with Crippen LogP contribution in [0.3, 0.4) is 0 Å². The molecule has 0 amide bonds. The van der Waals surface area contributed by atoms with Crippen LogP contribution in [0.2, 0.25) is 0 Å². The van der Waals surface area contributed by atoms with Gasteiger partial charge in [-0.15, -0.1) is 0 Å². The molecule has 62 valence electrons. The molecule has 2 nitrogen and oxygen atoms in total. The summed E-state index contributed by atoms with van der Waals surface area (Å²) in [7, 11) is 0. The first-order valence-corrected chi connectivity index (χ1v) is 4.56. The van der Waals surface area contributed by atoms with Gasteiger partial charge < -0.3 is 4.74 Å². The Kier molecular flexibility index (Phi) is 5.50. The van der Waals surface area contributed by atoms with Gasteiger partial charge in [0.25, 0.3) is 0 Å². The van der Waals surface area contributed by atoms with Crippen LogP contribution in [0, 0.1) is 0 Å². The van der Waals surface area contributed by atoms with Gasteiger partial charge in [0.1, 0.15) is 6.61 Å². The molecule has 0 aliphatic carbocycles. The zero-order valence-corrected chi connectivity index (χ0v) is 9.24. The Bertz CT molecular complexity index is 197. The molecule has 0 fully saturated rings. The van der Waals surface area contributed by atoms with E-state index >= 15 is 0 Å². The van der Waals surface area contributed by atoms with Crippen molar-refractivity contribution in [1.82, 2.24) is 0 Å². The van der Waals surface area contributed by atoms with E-state index in [0.717, 1.165) is 4.48 Å². The second-order valence-electron chi connectivity index (χ2n) is 1.91. The number of hydrogen-bond acceptors (Lipinski definition) is 2. The van der Waals surface area contributed by atoms with E-state index in [9.17, 15) is 4.79 Å². The Balaban J connectivity index is 3.72. The fourth-order valence-corrected chi connectivity index (χ4v) is 0.536. The van der Waals surface area contributed by atoms with Crippen LogP contribution in [0.1, 0.15) is 6.92 Å². The predicted octanol–water partition coefficient (Wildman–Crippen LogP) is 2.74. The molecule has 0 atom stereocenters. The molecule has 0 rings (SSSR count). The van der Waals surface area contributed by atoms with Crippen LogP contribution in [0.5, 0.6) is 0 Å². The Morgan fingerprint density at radius 3 is 2.64 bits per heavy atom.